The molecule has 0 aliphatic rings. The van der Waals surface area contributed by atoms with Gasteiger partial charge in [0.15, 0.2) is 0 Å². The first-order valence-corrected chi connectivity index (χ1v) is 5.47. The second-order valence-electron chi connectivity index (χ2n) is 3.97. The highest BCUT2D eigenvalue weighted by Crippen LogP contribution is 2.12. The molecule has 0 heterocycles. The van der Waals surface area contributed by atoms with Crippen molar-refractivity contribution in [2.75, 3.05) is 27.9 Å². The third-order valence-corrected chi connectivity index (χ3v) is 2.76. The van der Waals surface area contributed by atoms with E-state index in [2.05, 4.69) is 0 Å². The lowest BCUT2D eigenvalue weighted by atomic mass is 10.0. The average molecular weight is 263 g/mol. The molecule has 18 heavy (non-hydrogen) atoms. The van der Waals surface area contributed by atoms with Crippen LogP contribution >= 0.6 is 0 Å². The van der Waals surface area contributed by atoms with E-state index in [9.17, 15) is 19.8 Å². The molecule has 0 aliphatic carbocycles. The summed E-state index contributed by atoms with van der Waals surface area (Å²) in [4.78, 5) is 23.2. The second kappa shape index (κ2) is 8.15. The summed E-state index contributed by atoms with van der Waals surface area (Å²) >= 11 is 0. The van der Waals surface area contributed by atoms with Gasteiger partial charge < -0.3 is 29.4 Å². The first-order chi connectivity index (χ1) is 8.40. The maximum absolute atomic E-state index is 11.2. The van der Waals surface area contributed by atoms with Crippen LogP contribution in [-0.4, -0.2) is 79.5 Å². The van der Waals surface area contributed by atoms with Crippen LogP contribution in [0, 0.1) is 0 Å². The third-order valence-electron chi connectivity index (χ3n) is 2.76. The van der Waals surface area contributed by atoms with E-state index >= 15 is 0 Å². The average Bonchev–Trinajstić information content (AvgIpc) is 2.30. The van der Waals surface area contributed by atoms with Gasteiger partial charge in [-0.05, 0) is 0 Å². The quantitative estimate of drug-likeness (QED) is 0.513. The van der Waals surface area contributed by atoms with E-state index in [-0.39, 0.29) is 12.5 Å². The van der Waals surface area contributed by atoms with Crippen LogP contribution in [0.1, 0.15) is 6.92 Å². The lowest BCUT2D eigenvalue weighted by molar-refractivity contribution is -0.147. The Hall–Kier alpha value is -1.02. The van der Waals surface area contributed by atoms with Gasteiger partial charge in [0.1, 0.15) is 30.6 Å². The smallest absolute Gasteiger partial charge is 0.219 e. The number of nitrogens with zero attached hydrogens (tertiary/aromatic N) is 1. The first kappa shape index (κ1) is 17.0. The molecule has 0 saturated heterocycles. The number of rotatable bonds is 8. The fraction of sp³-hybridized carbons (Fsp3) is 0.818. The SMILES string of the molecule is COC[C@@H](O)[C@@H](OC)[C@H](O)[C@H](C=O)N(C)C(C)=O. The third kappa shape index (κ3) is 4.34. The summed E-state index contributed by atoms with van der Waals surface area (Å²) in [6, 6.07) is -1.08. The number of carbonyl (C=O) groups excluding carboxylic acids is 2. The summed E-state index contributed by atoms with van der Waals surface area (Å²) < 4.78 is 9.71. The lowest BCUT2D eigenvalue weighted by Gasteiger charge is -2.33. The molecule has 0 aromatic rings. The van der Waals surface area contributed by atoms with Crippen molar-refractivity contribution in [3.8, 4) is 0 Å². The van der Waals surface area contributed by atoms with Gasteiger partial charge in [0.25, 0.3) is 0 Å². The van der Waals surface area contributed by atoms with E-state index in [1.807, 2.05) is 0 Å². The Balaban J connectivity index is 4.87. The molecule has 0 saturated carbocycles. The van der Waals surface area contributed by atoms with Gasteiger partial charge in [0.05, 0.1) is 6.61 Å². The van der Waals surface area contributed by atoms with Crippen LogP contribution in [0.15, 0.2) is 0 Å². The van der Waals surface area contributed by atoms with Gasteiger partial charge in [-0.3, -0.25) is 4.79 Å². The van der Waals surface area contributed by atoms with Gasteiger partial charge in [-0.1, -0.05) is 0 Å². The molecule has 0 fully saturated rings. The van der Waals surface area contributed by atoms with Crippen molar-refractivity contribution < 1.29 is 29.3 Å². The van der Waals surface area contributed by atoms with Crippen LogP contribution in [0.25, 0.3) is 0 Å². The molecule has 0 radical (unpaired) electrons. The minimum Gasteiger partial charge on any atom is -0.388 e. The molecule has 106 valence electrons. The molecule has 7 heteroatoms. The Labute approximate surface area is 106 Å². The molecule has 1 amide bonds. The Morgan fingerprint density at radius 2 is 1.94 bits per heavy atom. The number of aldehydes is 1. The Morgan fingerprint density at radius 3 is 2.28 bits per heavy atom. The molecule has 0 rings (SSSR count). The van der Waals surface area contributed by atoms with Crippen molar-refractivity contribution in [2.45, 2.75) is 31.3 Å². The van der Waals surface area contributed by atoms with E-state index in [4.69, 9.17) is 9.47 Å². The van der Waals surface area contributed by atoms with Crippen molar-refractivity contribution in [1.29, 1.82) is 0 Å². The maximum Gasteiger partial charge on any atom is 0.219 e. The zero-order valence-corrected chi connectivity index (χ0v) is 11.1. The van der Waals surface area contributed by atoms with Gasteiger partial charge in [-0.2, -0.15) is 0 Å². The summed E-state index contributed by atoms with van der Waals surface area (Å²) in [5, 5.41) is 19.7. The van der Waals surface area contributed by atoms with Gasteiger partial charge in [-0.15, -0.1) is 0 Å². The van der Waals surface area contributed by atoms with Crippen LogP contribution in [-0.2, 0) is 19.1 Å². The van der Waals surface area contributed by atoms with Gasteiger partial charge >= 0.3 is 0 Å². The first-order valence-electron chi connectivity index (χ1n) is 5.47. The second-order valence-corrected chi connectivity index (χ2v) is 3.97. The Bertz CT molecular complexity index is 272. The van der Waals surface area contributed by atoms with Crippen molar-refractivity contribution in [2.24, 2.45) is 0 Å². The minimum absolute atomic E-state index is 0.0507. The van der Waals surface area contributed by atoms with Crippen LogP contribution in [0.3, 0.4) is 0 Å². The molecular weight excluding hydrogens is 242 g/mol. The van der Waals surface area contributed by atoms with E-state index in [0.717, 1.165) is 4.90 Å². The summed E-state index contributed by atoms with van der Waals surface area (Å²) in [6.07, 6.45) is -3.02. The maximum atomic E-state index is 11.2. The summed E-state index contributed by atoms with van der Waals surface area (Å²) in [7, 11) is 4.07. The van der Waals surface area contributed by atoms with E-state index < -0.39 is 24.4 Å². The number of carbonyl (C=O) groups is 2. The van der Waals surface area contributed by atoms with Crippen molar-refractivity contribution in [3.05, 3.63) is 0 Å². The fourth-order valence-corrected chi connectivity index (χ4v) is 1.59. The largest absolute Gasteiger partial charge is 0.388 e. The zero-order chi connectivity index (χ0) is 14.3. The van der Waals surface area contributed by atoms with Crippen LogP contribution in [0.4, 0.5) is 0 Å². The lowest BCUT2D eigenvalue weighted by Crippen LogP contribution is -2.54. The molecule has 0 aromatic carbocycles. The van der Waals surface area contributed by atoms with E-state index in [1.165, 1.54) is 28.2 Å². The normalized spacial score (nSPS) is 17.7. The van der Waals surface area contributed by atoms with Gasteiger partial charge in [-0.25, -0.2) is 0 Å². The van der Waals surface area contributed by atoms with Crippen LogP contribution < -0.4 is 0 Å². The number of hydrogen-bond acceptors (Lipinski definition) is 6. The molecule has 2 N–H and O–H groups in total. The number of aliphatic hydroxyl groups excluding tert-OH is 2. The predicted molar refractivity (Wildman–Crippen MR) is 63.0 cm³/mol. The summed E-state index contributed by atoms with van der Waals surface area (Å²) in [6.45, 7) is 1.22. The highest BCUT2D eigenvalue weighted by molar-refractivity contribution is 5.77. The molecule has 0 aliphatic heterocycles. The monoisotopic (exact) mass is 263 g/mol. The van der Waals surface area contributed by atoms with Crippen LogP contribution in [0.5, 0.6) is 0 Å². The number of ether oxygens (including phenoxy) is 2. The van der Waals surface area contributed by atoms with Gasteiger partial charge in [0, 0.05) is 28.2 Å². The Morgan fingerprint density at radius 1 is 1.39 bits per heavy atom. The molecule has 0 aromatic heterocycles. The summed E-state index contributed by atoms with van der Waals surface area (Å²) in [5.74, 6) is -0.373. The van der Waals surface area contributed by atoms with Crippen molar-refractivity contribution in [3.63, 3.8) is 0 Å². The number of hydrogen-bond donors (Lipinski definition) is 2. The summed E-state index contributed by atoms with van der Waals surface area (Å²) in [5.41, 5.74) is 0. The number of amides is 1. The number of aliphatic hydroxyl groups is 2. The standard InChI is InChI=1S/C11H21NO6/c1-7(14)12(2)8(5-13)10(16)11(18-4)9(15)6-17-3/h5,8-11,15-16H,6H2,1-4H3/t8-,9+,10+,11+/m0/s1. The Kier molecular flexibility index (Phi) is 7.69. The minimum atomic E-state index is -1.34. The zero-order valence-electron chi connectivity index (χ0n) is 11.1. The van der Waals surface area contributed by atoms with Crippen molar-refractivity contribution in [1.82, 2.24) is 4.90 Å². The number of likely N-dealkylation sites (N-methyl/N-ethyl adjacent to an activating group) is 1. The van der Waals surface area contributed by atoms with E-state index in [1.54, 1.807) is 0 Å². The molecule has 0 bridgehead atoms. The predicted octanol–water partition coefficient (Wildman–Crippen LogP) is -1.58. The highest BCUT2D eigenvalue weighted by atomic mass is 16.5. The molecular formula is C11H21NO6. The number of methoxy groups -OCH3 is 2. The van der Waals surface area contributed by atoms with E-state index in [0.29, 0.717) is 6.29 Å². The topological polar surface area (TPSA) is 96.3 Å². The highest BCUT2D eigenvalue weighted by Gasteiger charge is 2.35. The fourth-order valence-electron chi connectivity index (χ4n) is 1.59. The molecule has 0 unspecified atom stereocenters. The van der Waals surface area contributed by atoms with Crippen LogP contribution in [0.2, 0.25) is 0 Å². The van der Waals surface area contributed by atoms with Gasteiger partial charge in [0.2, 0.25) is 5.91 Å². The molecule has 4 atom stereocenters. The van der Waals surface area contributed by atoms with Crippen molar-refractivity contribution >= 4 is 12.2 Å². The molecule has 0 spiro atoms. The molecule has 7 nitrogen and oxygen atoms in total.